The van der Waals surface area contributed by atoms with E-state index in [2.05, 4.69) is 5.32 Å². The summed E-state index contributed by atoms with van der Waals surface area (Å²) < 4.78 is 23.1. The Balaban J connectivity index is 2.92. The van der Waals surface area contributed by atoms with Crippen molar-refractivity contribution in [2.75, 3.05) is 30.5 Å². The van der Waals surface area contributed by atoms with Gasteiger partial charge in [-0.05, 0) is 24.0 Å². The molecule has 0 spiro atoms. The first-order valence-electron chi connectivity index (χ1n) is 6.11. The van der Waals surface area contributed by atoms with E-state index < -0.39 is 9.84 Å². The van der Waals surface area contributed by atoms with E-state index >= 15 is 0 Å². The van der Waals surface area contributed by atoms with E-state index in [0.717, 1.165) is 6.26 Å². The highest BCUT2D eigenvalue weighted by atomic mass is 32.2. The minimum Gasteiger partial charge on any atom is -0.396 e. The van der Waals surface area contributed by atoms with Gasteiger partial charge in [-0.1, -0.05) is 19.9 Å². The molecule has 0 aromatic heterocycles. The number of aliphatic hydroxyl groups excluding tert-OH is 1. The average Bonchev–Trinajstić information content (AvgIpc) is 2.26. The number of sulfone groups is 1. The Bertz CT molecular complexity index is 539. The molecular formula is C13H22N2O3S. The van der Waals surface area contributed by atoms with Crippen LogP contribution >= 0.6 is 0 Å². The van der Waals surface area contributed by atoms with Crippen molar-refractivity contribution in [1.29, 1.82) is 0 Å². The molecule has 1 aromatic rings. The Morgan fingerprint density at radius 1 is 1.37 bits per heavy atom. The number of nitrogens with two attached hydrogens (primary N) is 1. The van der Waals surface area contributed by atoms with E-state index in [1.165, 1.54) is 6.07 Å². The quantitative estimate of drug-likeness (QED) is 0.689. The van der Waals surface area contributed by atoms with Crippen LogP contribution in [-0.2, 0) is 9.84 Å². The summed E-state index contributed by atoms with van der Waals surface area (Å²) in [5, 5.41) is 12.1. The zero-order valence-electron chi connectivity index (χ0n) is 11.6. The van der Waals surface area contributed by atoms with Gasteiger partial charge in [0.25, 0.3) is 0 Å². The average molecular weight is 286 g/mol. The normalized spacial score (nSPS) is 12.4. The summed E-state index contributed by atoms with van der Waals surface area (Å²) in [6.07, 6.45) is 1.80. The number of nitrogens with one attached hydrogen (secondary N) is 1. The Morgan fingerprint density at radius 3 is 2.53 bits per heavy atom. The largest absolute Gasteiger partial charge is 0.396 e. The molecule has 6 heteroatoms. The van der Waals surface area contributed by atoms with Gasteiger partial charge in [0.15, 0.2) is 9.84 Å². The van der Waals surface area contributed by atoms with Gasteiger partial charge in [-0.15, -0.1) is 0 Å². The second-order valence-corrected chi connectivity index (χ2v) is 7.47. The lowest BCUT2D eigenvalue weighted by atomic mass is 9.89. The fourth-order valence-corrected chi connectivity index (χ4v) is 2.58. The van der Waals surface area contributed by atoms with Gasteiger partial charge in [-0.3, -0.25) is 0 Å². The fraction of sp³-hybridized carbons (Fsp3) is 0.538. The number of rotatable bonds is 6. The second kappa shape index (κ2) is 5.79. The Morgan fingerprint density at radius 2 is 2.00 bits per heavy atom. The molecule has 0 atom stereocenters. The van der Waals surface area contributed by atoms with Crippen LogP contribution in [0.3, 0.4) is 0 Å². The topological polar surface area (TPSA) is 92.4 Å². The van der Waals surface area contributed by atoms with Crippen LogP contribution in [0, 0.1) is 5.41 Å². The number of aliphatic hydroxyl groups is 1. The number of hydrogen-bond donors (Lipinski definition) is 3. The summed E-state index contributed by atoms with van der Waals surface area (Å²) in [4.78, 5) is 0.137. The van der Waals surface area contributed by atoms with Crippen molar-refractivity contribution < 1.29 is 13.5 Å². The van der Waals surface area contributed by atoms with E-state index in [1.807, 2.05) is 13.8 Å². The van der Waals surface area contributed by atoms with Crippen LogP contribution in [0.15, 0.2) is 23.1 Å². The van der Waals surface area contributed by atoms with Crippen molar-refractivity contribution >= 4 is 21.2 Å². The van der Waals surface area contributed by atoms with E-state index in [9.17, 15) is 8.42 Å². The van der Waals surface area contributed by atoms with Crippen LogP contribution in [-0.4, -0.2) is 32.9 Å². The maximum Gasteiger partial charge on any atom is 0.177 e. The van der Waals surface area contributed by atoms with Gasteiger partial charge in [0.1, 0.15) is 0 Å². The molecule has 1 rings (SSSR count). The zero-order valence-corrected chi connectivity index (χ0v) is 12.4. The first-order valence-corrected chi connectivity index (χ1v) is 8.00. The molecule has 0 saturated heterocycles. The van der Waals surface area contributed by atoms with E-state index in [4.69, 9.17) is 10.8 Å². The molecule has 0 saturated carbocycles. The Labute approximate surface area is 114 Å². The molecule has 108 valence electrons. The smallest absolute Gasteiger partial charge is 0.177 e. The molecule has 0 aliphatic heterocycles. The molecule has 19 heavy (non-hydrogen) atoms. The second-order valence-electron chi connectivity index (χ2n) is 5.48. The van der Waals surface area contributed by atoms with Crippen LogP contribution in [0.2, 0.25) is 0 Å². The van der Waals surface area contributed by atoms with Crippen LogP contribution in [0.25, 0.3) is 0 Å². The first-order chi connectivity index (χ1) is 8.67. The van der Waals surface area contributed by atoms with Gasteiger partial charge in [0.05, 0.1) is 16.3 Å². The van der Waals surface area contributed by atoms with Crippen LogP contribution < -0.4 is 11.1 Å². The number of nitrogen functional groups attached to an aromatic ring is 1. The maximum atomic E-state index is 11.6. The lowest BCUT2D eigenvalue weighted by Gasteiger charge is -2.25. The van der Waals surface area contributed by atoms with Crippen molar-refractivity contribution in [3.63, 3.8) is 0 Å². The number of hydrogen-bond acceptors (Lipinski definition) is 5. The molecule has 5 nitrogen and oxygen atoms in total. The SMILES string of the molecule is CC(C)(CCO)CNc1cccc(S(C)(=O)=O)c1N. The Hall–Kier alpha value is -1.27. The summed E-state index contributed by atoms with van der Waals surface area (Å²) in [6.45, 7) is 4.76. The summed E-state index contributed by atoms with van der Waals surface area (Å²) in [6, 6.07) is 4.90. The highest BCUT2D eigenvalue weighted by molar-refractivity contribution is 7.90. The molecular weight excluding hydrogens is 264 g/mol. The third-order valence-corrected chi connectivity index (χ3v) is 4.17. The van der Waals surface area contributed by atoms with Crippen molar-refractivity contribution in [3.05, 3.63) is 18.2 Å². The number of para-hydroxylation sites is 1. The van der Waals surface area contributed by atoms with E-state index in [0.29, 0.717) is 18.7 Å². The molecule has 0 fully saturated rings. The Kier molecular flexibility index (Phi) is 4.81. The van der Waals surface area contributed by atoms with Gasteiger partial charge in [0, 0.05) is 19.4 Å². The minimum atomic E-state index is -3.33. The molecule has 0 heterocycles. The van der Waals surface area contributed by atoms with Crippen molar-refractivity contribution in [1.82, 2.24) is 0 Å². The molecule has 0 radical (unpaired) electrons. The van der Waals surface area contributed by atoms with E-state index in [-0.39, 0.29) is 22.6 Å². The molecule has 0 amide bonds. The van der Waals surface area contributed by atoms with Gasteiger partial charge in [-0.2, -0.15) is 0 Å². The predicted octanol–water partition coefficient (Wildman–Crippen LogP) is 1.49. The van der Waals surface area contributed by atoms with Gasteiger partial charge in [-0.25, -0.2) is 8.42 Å². The molecule has 0 aliphatic rings. The van der Waals surface area contributed by atoms with Crippen LogP contribution in [0.4, 0.5) is 11.4 Å². The first kappa shape index (κ1) is 15.8. The zero-order chi connectivity index (χ0) is 14.7. The van der Waals surface area contributed by atoms with Gasteiger partial charge < -0.3 is 16.2 Å². The summed E-state index contributed by atoms with van der Waals surface area (Å²) in [7, 11) is -3.33. The molecule has 1 aromatic carbocycles. The molecule has 0 unspecified atom stereocenters. The van der Waals surface area contributed by atoms with Gasteiger partial charge in [0.2, 0.25) is 0 Å². The molecule has 4 N–H and O–H groups in total. The molecule has 0 aliphatic carbocycles. The summed E-state index contributed by atoms with van der Waals surface area (Å²) in [5.41, 5.74) is 6.63. The van der Waals surface area contributed by atoms with E-state index in [1.54, 1.807) is 12.1 Å². The van der Waals surface area contributed by atoms with Gasteiger partial charge >= 0.3 is 0 Å². The molecule has 0 bridgehead atoms. The van der Waals surface area contributed by atoms with Crippen molar-refractivity contribution in [3.8, 4) is 0 Å². The van der Waals surface area contributed by atoms with Crippen molar-refractivity contribution in [2.45, 2.75) is 25.2 Å². The summed E-state index contributed by atoms with van der Waals surface area (Å²) in [5.74, 6) is 0. The summed E-state index contributed by atoms with van der Waals surface area (Å²) >= 11 is 0. The number of anilines is 2. The third-order valence-electron chi connectivity index (χ3n) is 3.01. The lowest BCUT2D eigenvalue weighted by molar-refractivity contribution is 0.220. The van der Waals surface area contributed by atoms with Crippen LogP contribution in [0.1, 0.15) is 20.3 Å². The highest BCUT2D eigenvalue weighted by Gasteiger charge is 2.19. The highest BCUT2D eigenvalue weighted by Crippen LogP contribution is 2.28. The predicted molar refractivity (Wildman–Crippen MR) is 77.9 cm³/mol. The minimum absolute atomic E-state index is 0.0950. The lowest BCUT2D eigenvalue weighted by Crippen LogP contribution is -2.24. The number of benzene rings is 1. The van der Waals surface area contributed by atoms with Crippen LogP contribution in [0.5, 0.6) is 0 Å². The fourth-order valence-electron chi connectivity index (χ4n) is 1.75. The third kappa shape index (κ3) is 4.40. The maximum absolute atomic E-state index is 11.6. The van der Waals surface area contributed by atoms with Crippen molar-refractivity contribution in [2.24, 2.45) is 5.41 Å². The standard InChI is InChI=1S/C13H22N2O3S/c1-13(2,7-8-16)9-15-10-5-4-6-11(12(10)14)19(3,17)18/h4-6,15-16H,7-9,14H2,1-3H3. The monoisotopic (exact) mass is 286 g/mol.